The maximum absolute atomic E-state index is 13.7. The first-order valence-electron chi connectivity index (χ1n) is 10.7. The number of halogens is 1. The molecule has 0 aliphatic heterocycles. The summed E-state index contributed by atoms with van der Waals surface area (Å²) in [6.07, 6.45) is 2.53. The number of unbranched alkanes of at least 4 members (excludes halogenated alkanes) is 1. The van der Waals surface area contributed by atoms with Crippen molar-refractivity contribution in [3.63, 3.8) is 0 Å². The lowest BCUT2D eigenvalue weighted by molar-refractivity contribution is 0.402. The Morgan fingerprint density at radius 3 is 2.45 bits per heavy atom. The van der Waals surface area contributed by atoms with Crippen molar-refractivity contribution >= 4 is 25.8 Å². The summed E-state index contributed by atoms with van der Waals surface area (Å²) in [5, 5.41) is 10.6. The van der Waals surface area contributed by atoms with Crippen molar-refractivity contribution in [2.75, 3.05) is 7.11 Å². The molecule has 33 heavy (non-hydrogen) atoms. The first kappa shape index (κ1) is 25.0. The van der Waals surface area contributed by atoms with Gasteiger partial charge in [-0.25, -0.2) is 8.42 Å². The molecule has 0 aliphatic carbocycles. The fourth-order valence-corrected chi connectivity index (χ4v) is 5.37. The lowest BCUT2D eigenvalue weighted by atomic mass is 10.0. The van der Waals surface area contributed by atoms with E-state index in [1.807, 2.05) is 32.0 Å². The van der Waals surface area contributed by atoms with Gasteiger partial charge in [-0.3, -0.25) is 9.36 Å². The quantitative estimate of drug-likeness (QED) is 0.419. The molecule has 0 saturated heterocycles. The second-order valence-electron chi connectivity index (χ2n) is 7.62. The SMILES string of the molecule is CCCCc1nc(O)c(S(=O)(=O)c2ccc(Br)cc2)c(=O)n1[C@@H](CC)c1cccc(OC)c1. The standard InChI is InChI=1S/C24H27BrN2O5S/c1-4-6-10-21-26-23(28)22(33(30,31)19-13-11-17(25)12-14-19)24(29)27(21)20(5-2)16-8-7-9-18(15-16)32-3/h7-9,11-15,20,28H,4-6,10H2,1-3H3/t20-/m0/s1. The molecule has 0 saturated carbocycles. The molecule has 0 fully saturated rings. The molecule has 0 radical (unpaired) electrons. The molecule has 9 heteroatoms. The maximum atomic E-state index is 13.7. The monoisotopic (exact) mass is 534 g/mol. The number of hydrogen-bond donors (Lipinski definition) is 1. The summed E-state index contributed by atoms with van der Waals surface area (Å²) in [5.74, 6) is 0.207. The third-order valence-electron chi connectivity index (χ3n) is 5.45. The van der Waals surface area contributed by atoms with Crippen molar-refractivity contribution in [2.45, 2.75) is 55.4 Å². The molecule has 0 aliphatic rings. The average molecular weight is 535 g/mol. The second kappa shape index (κ2) is 10.5. The molecule has 1 N–H and O–H groups in total. The van der Waals surface area contributed by atoms with Crippen LogP contribution in [-0.2, 0) is 16.3 Å². The largest absolute Gasteiger partial charge is 0.497 e. The Morgan fingerprint density at radius 1 is 1.15 bits per heavy atom. The normalized spacial score (nSPS) is 12.5. The molecule has 0 amide bonds. The fraction of sp³-hybridized carbons (Fsp3) is 0.333. The van der Waals surface area contributed by atoms with Gasteiger partial charge in [-0.1, -0.05) is 48.3 Å². The lowest BCUT2D eigenvalue weighted by Crippen LogP contribution is -2.33. The van der Waals surface area contributed by atoms with Crippen molar-refractivity contribution in [2.24, 2.45) is 0 Å². The van der Waals surface area contributed by atoms with Crippen LogP contribution in [0.5, 0.6) is 11.6 Å². The van der Waals surface area contributed by atoms with Crippen LogP contribution in [0.2, 0.25) is 0 Å². The fourth-order valence-electron chi connectivity index (χ4n) is 3.76. The summed E-state index contributed by atoms with van der Waals surface area (Å²) in [6, 6.07) is 12.7. The van der Waals surface area contributed by atoms with Crippen LogP contribution in [0.3, 0.4) is 0 Å². The van der Waals surface area contributed by atoms with Crippen LogP contribution >= 0.6 is 15.9 Å². The number of benzene rings is 2. The van der Waals surface area contributed by atoms with Gasteiger partial charge >= 0.3 is 0 Å². The smallest absolute Gasteiger partial charge is 0.277 e. The van der Waals surface area contributed by atoms with Crippen molar-refractivity contribution in [3.8, 4) is 11.6 Å². The van der Waals surface area contributed by atoms with E-state index in [9.17, 15) is 18.3 Å². The molecular formula is C24H27BrN2O5S. The molecule has 7 nitrogen and oxygen atoms in total. The first-order chi connectivity index (χ1) is 15.7. The molecule has 3 rings (SSSR count). The summed E-state index contributed by atoms with van der Waals surface area (Å²) in [5.41, 5.74) is 0.00219. The Hall–Kier alpha value is -2.65. The number of nitrogens with zero attached hydrogens (tertiary/aromatic N) is 2. The predicted molar refractivity (Wildman–Crippen MR) is 130 cm³/mol. The number of aromatic nitrogens is 2. The summed E-state index contributed by atoms with van der Waals surface area (Å²) in [7, 11) is -2.75. The zero-order chi connectivity index (χ0) is 24.2. The Labute approximate surface area is 202 Å². The van der Waals surface area contributed by atoms with Gasteiger partial charge in [0, 0.05) is 10.9 Å². The third kappa shape index (κ3) is 5.14. The zero-order valence-electron chi connectivity index (χ0n) is 18.8. The van der Waals surface area contributed by atoms with E-state index in [0.29, 0.717) is 28.9 Å². The van der Waals surface area contributed by atoms with E-state index in [-0.39, 0.29) is 4.90 Å². The molecule has 1 heterocycles. The molecule has 3 aromatic rings. The third-order valence-corrected chi connectivity index (χ3v) is 7.77. The van der Waals surface area contributed by atoms with Crippen LogP contribution in [0.1, 0.15) is 50.5 Å². The lowest BCUT2D eigenvalue weighted by Gasteiger charge is -2.23. The minimum Gasteiger partial charge on any atom is -0.497 e. The van der Waals surface area contributed by atoms with Crippen LogP contribution in [0.25, 0.3) is 0 Å². The molecule has 0 unspecified atom stereocenters. The number of sulfone groups is 1. The summed E-state index contributed by atoms with van der Waals surface area (Å²) in [4.78, 5) is 17.1. The molecule has 1 atom stereocenters. The summed E-state index contributed by atoms with van der Waals surface area (Å²) >= 11 is 3.28. The molecular weight excluding hydrogens is 508 g/mol. The van der Waals surface area contributed by atoms with E-state index in [2.05, 4.69) is 20.9 Å². The predicted octanol–water partition coefficient (Wildman–Crippen LogP) is 4.89. The van der Waals surface area contributed by atoms with Crippen molar-refractivity contribution in [3.05, 3.63) is 74.7 Å². The minimum absolute atomic E-state index is 0.0952. The number of aromatic hydroxyl groups is 1. The van der Waals surface area contributed by atoms with Gasteiger partial charge < -0.3 is 9.84 Å². The Balaban J connectivity index is 2.29. The first-order valence-corrected chi connectivity index (χ1v) is 13.0. The number of ether oxygens (including phenoxy) is 1. The zero-order valence-corrected chi connectivity index (χ0v) is 21.2. The van der Waals surface area contributed by atoms with Crippen LogP contribution in [0.15, 0.2) is 67.6 Å². The van der Waals surface area contributed by atoms with Gasteiger partial charge in [0.1, 0.15) is 11.6 Å². The molecule has 1 aromatic heterocycles. The van der Waals surface area contributed by atoms with Gasteiger partial charge in [-0.15, -0.1) is 0 Å². The van der Waals surface area contributed by atoms with Crippen LogP contribution in [0.4, 0.5) is 0 Å². The highest BCUT2D eigenvalue weighted by Gasteiger charge is 2.31. The molecule has 0 bridgehead atoms. The van der Waals surface area contributed by atoms with Crippen LogP contribution in [0, 0.1) is 0 Å². The second-order valence-corrected chi connectivity index (χ2v) is 10.4. The van der Waals surface area contributed by atoms with Gasteiger partial charge in [0.15, 0.2) is 4.90 Å². The van der Waals surface area contributed by atoms with Gasteiger partial charge in [0.25, 0.3) is 5.56 Å². The highest BCUT2D eigenvalue weighted by atomic mass is 79.9. The Kier molecular flexibility index (Phi) is 7.97. The minimum atomic E-state index is -4.30. The van der Waals surface area contributed by atoms with Gasteiger partial charge in [0.05, 0.1) is 18.0 Å². The van der Waals surface area contributed by atoms with Crippen molar-refractivity contribution in [1.82, 2.24) is 9.55 Å². The van der Waals surface area contributed by atoms with E-state index in [4.69, 9.17) is 4.74 Å². The number of hydrogen-bond acceptors (Lipinski definition) is 6. The maximum Gasteiger partial charge on any atom is 0.277 e. The summed E-state index contributed by atoms with van der Waals surface area (Å²) in [6.45, 7) is 3.92. The van der Waals surface area contributed by atoms with E-state index >= 15 is 0 Å². The van der Waals surface area contributed by atoms with Crippen molar-refractivity contribution in [1.29, 1.82) is 0 Å². The van der Waals surface area contributed by atoms with Gasteiger partial charge in [-0.2, -0.15) is 4.98 Å². The average Bonchev–Trinajstić information content (AvgIpc) is 2.80. The number of methoxy groups -OCH3 is 1. The van der Waals surface area contributed by atoms with Gasteiger partial charge in [0.2, 0.25) is 15.7 Å². The highest BCUT2D eigenvalue weighted by Crippen LogP contribution is 2.30. The van der Waals surface area contributed by atoms with Gasteiger partial charge in [-0.05, 0) is 54.8 Å². The van der Waals surface area contributed by atoms with Crippen LogP contribution in [-0.4, -0.2) is 30.2 Å². The summed E-state index contributed by atoms with van der Waals surface area (Å²) < 4.78 is 34.2. The number of aryl methyl sites for hydroxylation is 1. The molecule has 176 valence electrons. The van der Waals surface area contributed by atoms with Crippen LogP contribution < -0.4 is 10.3 Å². The van der Waals surface area contributed by atoms with E-state index in [0.717, 1.165) is 18.4 Å². The Bertz CT molecular complexity index is 1290. The highest BCUT2D eigenvalue weighted by molar-refractivity contribution is 9.10. The molecule has 2 aromatic carbocycles. The number of rotatable bonds is 9. The molecule has 0 spiro atoms. The van der Waals surface area contributed by atoms with E-state index < -0.39 is 32.2 Å². The topological polar surface area (TPSA) is 98.5 Å². The Morgan fingerprint density at radius 2 is 1.85 bits per heavy atom. The van der Waals surface area contributed by atoms with E-state index in [1.54, 1.807) is 25.3 Å². The van der Waals surface area contributed by atoms with E-state index in [1.165, 1.54) is 16.7 Å². The van der Waals surface area contributed by atoms with Crippen molar-refractivity contribution < 1.29 is 18.3 Å².